The molecule has 2 fully saturated rings. The van der Waals surface area contributed by atoms with Gasteiger partial charge in [0.2, 0.25) is 0 Å². The third-order valence-corrected chi connectivity index (χ3v) is 6.81. The first-order valence-electron chi connectivity index (χ1n) is 11.3. The molecule has 0 aromatic carbocycles. The lowest BCUT2D eigenvalue weighted by molar-refractivity contribution is -0.346. The maximum atomic E-state index is 12.4. The molecule has 162 valence electrons. The molecule has 0 amide bonds. The molecule has 0 saturated heterocycles. The van der Waals surface area contributed by atoms with Crippen LogP contribution in [0.5, 0.6) is 0 Å². The summed E-state index contributed by atoms with van der Waals surface area (Å²) in [7, 11) is 0. The minimum Gasteiger partial charge on any atom is -0.289 e. The Morgan fingerprint density at radius 2 is 1.32 bits per heavy atom. The zero-order chi connectivity index (χ0) is 20.6. The first kappa shape index (κ1) is 23.5. The Balaban J connectivity index is 1.65. The van der Waals surface area contributed by atoms with E-state index in [0.717, 1.165) is 12.8 Å². The lowest BCUT2D eigenvalue weighted by atomic mass is 9.70. The summed E-state index contributed by atoms with van der Waals surface area (Å²) in [5.41, 5.74) is 0. The van der Waals surface area contributed by atoms with E-state index in [1.54, 1.807) is 0 Å². The van der Waals surface area contributed by atoms with Gasteiger partial charge in [0.05, 0.1) is 6.10 Å². The second kappa shape index (κ2) is 11.4. The van der Waals surface area contributed by atoms with Gasteiger partial charge in [0.25, 0.3) is 0 Å². The summed E-state index contributed by atoms with van der Waals surface area (Å²) in [6.45, 7) is 6.67. The molecule has 0 aromatic heterocycles. The van der Waals surface area contributed by atoms with E-state index >= 15 is 0 Å². The van der Waals surface area contributed by atoms with Crippen LogP contribution >= 0.6 is 0 Å². The molecule has 4 heteroatoms. The molecule has 2 unspecified atom stereocenters. The van der Waals surface area contributed by atoms with Crippen LogP contribution in [0.4, 0.5) is 13.2 Å². The highest BCUT2D eigenvalue weighted by Gasteiger charge is 2.37. The second-order valence-corrected chi connectivity index (χ2v) is 9.22. The van der Waals surface area contributed by atoms with Crippen molar-refractivity contribution in [2.75, 3.05) is 0 Å². The highest BCUT2D eigenvalue weighted by atomic mass is 19.4. The fourth-order valence-electron chi connectivity index (χ4n) is 5.07. The average Bonchev–Trinajstić information content (AvgIpc) is 2.65. The van der Waals surface area contributed by atoms with Crippen LogP contribution in [0.1, 0.15) is 85.0 Å². The van der Waals surface area contributed by atoms with Crippen molar-refractivity contribution in [2.45, 2.75) is 97.4 Å². The summed E-state index contributed by atoms with van der Waals surface area (Å²) in [6, 6.07) is 0. The molecule has 0 N–H and O–H groups in total. The fraction of sp³-hybridized carbons (Fsp3) is 0.833. The van der Waals surface area contributed by atoms with Crippen molar-refractivity contribution in [1.29, 1.82) is 0 Å². The average molecular weight is 401 g/mol. The molecule has 1 nitrogen and oxygen atoms in total. The minimum absolute atomic E-state index is 0.563. The predicted molar refractivity (Wildman–Crippen MR) is 110 cm³/mol. The number of ether oxygens (including phenoxy) is 1. The largest absolute Gasteiger partial charge is 0.522 e. The zero-order valence-corrected chi connectivity index (χ0v) is 17.9. The molecule has 0 aromatic rings. The summed E-state index contributed by atoms with van der Waals surface area (Å²) in [6.07, 6.45) is 14.5. The van der Waals surface area contributed by atoms with Crippen molar-refractivity contribution in [1.82, 2.24) is 0 Å². The lowest BCUT2D eigenvalue weighted by Gasteiger charge is -2.37. The number of allylic oxidation sites excluding steroid dienone is 4. The van der Waals surface area contributed by atoms with E-state index in [1.165, 1.54) is 38.5 Å². The van der Waals surface area contributed by atoms with Gasteiger partial charge in [0.1, 0.15) is 0 Å². The molecule has 0 spiro atoms. The van der Waals surface area contributed by atoms with Crippen LogP contribution in [-0.4, -0.2) is 12.5 Å². The molecular formula is C24H39F3O. The monoisotopic (exact) mass is 400 g/mol. The molecule has 2 aliphatic carbocycles. The Morgan fingerprint density at radius 3 is 1.82 bits per heavy atom. The molecular weight excluding hydrogens is 361 g/mol. The van der Waals surface area contributed by atoms with E-state index in [1.807, 2.05) is 0 Å². The van der Waals surface area contributed by atoms with Crippen molar-refractivity contribution in [2.24, 2.45) is 29.6 Å². The number of hydrogen-bond donors (Lipinski definition) is 0. The fourth-order valence-corrected chi connectivity index (χ4v) is 5.07. The van der Waals surface area contributed by atoms with Gasteiger partial charge in [-0.2, -0.15) is 0 Å². The molecule has 28 heavy (non-hydrogen) atoms. The molecule has 2 saturated carbocycles. The van der Waals surface area contributed by atoms with Crippen LogP contribution in [0.3, 0.4) is 0 Å². The van der Waals surface area contributed by atoms with Crippen LogP contribution in [0.15, 0.2) is 24.3 Å². The van der Waals surface area contributed by atoms with Crippen molar-refractivity contribution < 1.29 is 17.9 Å². The molecule has 0 aliphatic heterocycles. The van der Waals surface area contributed by atoms with Crippen LogP contribution in [0, 0.1) is 29.6 Å². The topological polar surface area (TPSA) is 9.23 Å². The van der Waals surface area contributed by atoms with Crippen LogP contribution < -0.4 is 0 Å². The van der Waals surface area contributed by atoms with Gasteiger partial charge in [0, 0.05) is 0 Å². The van der Waals surface area contributed by atoms with Crippen LogP contribution in [-0.2, 0) is 4.74 Å². The standard InChI is InChI=1S/C24H39F3O/c1-4-5-18(2)6-7-19(3)8-9-20-10-12-21(13-11-20)22-14-16-23(17-15-22)28-24(25,26)27/h4-5,8-9,18-23H,6-7,10-17H2,1-3H3/b5-4+,9-8+. The number of rotatable bonds is 8. The van der Waals surface area contributed by atoms with E-state index in [4.69, 9.17) is 0 Å². The molecule has 0 bridgehead atoms. The Kier molecular flexibility index (Phi) is 9.59. The summed E-state index contributed by atoms with van der Waals surface area (Å²) >= 11 is 0. The van der Waals surface area contributed by atoms with Gasteiger partial charge in [-0.25, -0.2) is 0 Å². The Hall–Kier alpha value is -0.770. The van der Waals surface area contributed by atoms with Crippen LogP contribution in [0.25, 0.3) is 0 Å². The van der Waals surface area contributed by atoms with E-state index < -0.39 is 12.5 Å². The molecule has 2 atom stereocenters. The predicted octanol–water partition coefficient (Wildman–Crippen LogP) is 8.07. The summed E-state index contributed by atoms with van der Waals surface area (Å²) < 4.78 is 41.3. The van der Waals surface area contributed by atoms with Crippen LogP contribution in [0.2, 0.25) is 0 Å². The lowest BCUT2D eigenvalue weighted by Crippen LogP contribution is -2.31. The number of alkyl halides is 3. The normalized spacial score (nSPS) is 32.1. The van der Waals surface area contributed by atoms with Gasteiger partial charge < -0.3 is 0 Å². The Morgan fingerprint density at radius 1 is 0.821 bits per heavy atom. The smallest absolute Gasteiger partial charge is 0.289 e. The number of halogens is 3. The third-order valence-electron chi connectivity index (χ3n) is 6.81. The molecule has 2 aliphatic rings. The van der Waals surface area contributed by atoms with Crippen molar-refractivity contribution in [3.63, 3.8) is 0 Å². The van der Waals surface area contributed by atoms with Crippen molar-refractivity contribution >= 4 is 0 Å². The maximum Gasteiger partial charge on any atom is 0.522 e. The quantitative estimate of drug-likeness (QED) is 0.374. The third kappa shape index (κ3) is 8.71. The molecule has 0 radical (unpaired) electrons. The first-order valence-corrected chi connectivity index (χ1v) is 11.3. The maximum absolute atomic E-state index is 12.4. The van der Waals surface area contributed by atoms with Gasteiger partial charge in [-0.1, -0.05) is 38.2 Å². The Labute approximate surface area is 169 Å². The van der Waals surface area contributed by atoms with Gasteiger partial charge in [-0.15, -0.1) is 13.2 Å². The minimum atomic E-state index is -4.48. The first-order chi connectivity index (χ1) is 13.3. The van der Waals surface area contributed by atoms with E-state index in [9.17, 15) is 13.2 Å². The number of hydrogen-bond acceptors (Lipinski definition) is 1. The highest BCUT2D eigenvalue weighted by Crippen LogP contribution is 2.41. The van der Waals surface area contributed by atoms with Gasteiger partial charge in [-0.05, 0) is 101 Å². The zero-order valence-electron chi connectivity index (χ0n) is 17.9. The van der Waals surface area contributed by atoms with E-state index in [2.05, 4.69) is 49.8 Å². The van der Waals surface area contributed by atoms with Gasteiger partial charge >= 0.3 is 6.36 Å². The highest BCUT2D eigenvalue weighted by molar-refractivity contribution is 4.95. The molecule has 2 rings (SSSR count). The summed E-state index contributed by atoms with van der Waals surface area (Å²) in [4.78, 5) is 0. The van der Waals surface area contributed by atoms with Crippen molar-refractivity contribution in [3.05, 3.63) is 24.3 Å². The van der Waals surface area contributed by atoms with E-state index in [0.29, 0.717) is 42.4 Å². The summed E-state index contributed by atoms with van der Waals surface area (Å²) in [5, 5.41) is 0. The molecule has 0 heterocycles. The second-order valence-electron chi connectivity index (χ2n) is 9.22. The van der Waals surface area contributed by atoms with Gasteiger partial charge in [0.15, 0.2) is 0 Å². The SMILES string of the molecule is C/C=C/C(C)CCC(C)/C=C/C1CCC(C2CCC(OC(F)(F)F)CC2)CC1. The Bertz CT molecular complexity index is 481. The van der Waals surface area contributed by atoms with Gasteiger partial charge in [-0.3, -0.25) is 4.74 Å². The van der Waals surface area contributed by atoms with Crippen molar-refractivity contribution in [3.8, 4) is 0 Å². The summed E-state index contributed by atoms with van der Waals surface area (Å²) in [5.74, 6) is 3.29. The van der Waals surface area contributed by atoms with E-state index in [-0.39, 0.29) is 0 Å².